The van der Waals surface area contributed by atoms with Crippen molar-refractivity contribution in [2.45, 2.75) is 46.7 Å². The number of nitrogens with zero attached hydrogens (tertiary/aromatic N) is 4. The van der Waals surface area contributed by atoms with Gasteiger partial charge >= 0.3 is 0 Å². The molecule has 2 heterocycles. The Morgan fingerprint density at radius 2 is 2.04 bits per heavy atom. The van der Waals surface area contributed by atoms with E-state index < -0.39 is 0 Å². The van der Waals surface area contributed by atoms with Crippen LogP contribution in [0.25, 0.3) is 16.5 Å². The van der Waals surface area contributed by atoms with E-state index in [1.165, 1.54) is 0 Å². The highest BCUT2D eigenvalue weighted by atomic mass is 35.5. The standard InChI is InChI=1S/C20H27N5O2.ClH/c1-4-5-10-27-19-17-11-15(25-9-8-22-23-25)6-7-16(17)20(26)24(13-14(2)3)18(19)12-21;/h6-9,11,14H,4-5,10,12-13,21H2,1-3H3;1H. The van der Waals surface area contributed by atoms with Gasteiger partial charge in [-0.05, 0) is 30.5 Å². The minimum absolute atomic E-state index is 0. The normalized spacial score (nSPS) is 11.0. The molecule has 2 aromatic heterocycles. The zero-order valence-electron chi connectivity index (χ0n) is 16.6. The van der Waals surface area contributed by atoms with Crippen LogP contribution in [0.5, 0.6) is 5.75 Å². The lowest BCUT2D eigenvalue weighted by molar-refractivity contribution is 0.304. The van der Waals surface area contributed by atoms with E-state index in [1.54, 1.807) is 21.6 Å². The summed E-state index contributed by atoms with van der Waals surface area (Å²) in [6.45, 7) is 7.73. The fourth-order valence-corrected chi connectivity index (χ4v) is 3.18. The third-order valence-electron chi connectivity index (χ3n) is 4.48. The number of halogens is 1. The third-order valence-corrected chi connectivity index (χ3v) is 4.48. The summed E-state index contributed by atoms with van der Waals surface area (Å²) in [6, 6.07) is 5.63. The van der Waals surface area contributed by atoms with Crippen LogP contribution in [0, 0.1) is 5.92 Å². The molecule has 0 saturated carbocycles. The van der Waals surface area contributed by atoms with Crippen LogP contribution in [0.15, 0.2) is 35.4 Å². The number of nitrogens with two attached hydrogens (primary N) is 1. The van der Waals surface area contributed by atoms with Crippen molar-refractivity contribution in [3.8, 4) is 11.4 Å². The first-order valence-electron chi connectivity index (χ1n) is 9.45. The van der Waals surface area contributed by atoms with Gasteiger partial charge < -0.3 is 15.0 Å². The van der Waals surface area contributed by atoms with Gasteiger partial charge in [0.1, 0.15) is 5.75 Å². The summed E-state index contributed by atoms with van der Waals surface area (Å²) in [5.41, 5.74) is 7.59. The molecule has 0 bridgehead atoms. The predicted octanol–water partition coefficient (Wildman–Crippen LogP) is 3.30. The lowest BCUT2D eigenvalue weighted by Gasteiger charge is -2.20. The molecule has 0 aliphatic heterocycles. The molecule has 2 N–H and O–H groups in total. The Bertz CT molecular complexity index is 967. The summed E-state index contributed by atoms with van der Waals surface area (Å²) >= 11 is 0. The van der Waals surface area contributed by atoms with Gasteiger partial charge in [-0.2, -0.15) is 0 Å². The van der Waals surface area contributed by atoms with Crippen LogP contribution in [0.4, 0.5) is 0 Å². The molecule has 3 rings (SSSR count). The van der Waals surface area contributed by atoms with Crippen LogP contribution in [0.2, 0.25) is 0 Å². The minimum Gasteiger partial charge on any atom is -0.491 e. The van der Waals surface area contributed by atoms with Gasteiger partial charge in [-0.15, -0.1) is 17.5 Å². The Hall–Kier alpha value is -2.38. The van der Waals surface area contributed by atoms with Gasteiger partial charge in [0.05, 0.1) is 35.8 Å². The topological polar surface area (TPSA) is 88.0 Å². The van der Waals surface area contributed by atoms with Crippen molar-refractivity contribution in [1.29, 1.82) is 0 Å². The van der Waals surface area contributed by atoms with E-state index in [4.69, 9.17) is 10.5 Å². The fraction of sp³-hybridized carbons (Fsp3) is 0.450. The number of pyridine rings is 1. The predicted molar refractivity (Wildman–Crippen MR) is 114 cm³/mol. The molecule has 28 heavy (non-hydrogen) atoms. The van der Waals surface area contributed by atoms with Gasteiger partial charge in [0, 0.05) is 18.5 Å². The van der Waals surface area contributed by atoms with Gasteiger partial charge in [-0.25, -0.2) is 4.68 Å². The Kier molecular flexibility index (Phi) is 7.60. The first-order valence-corrected chi connectivity index (χ1v) is 9.45. The lowest BCUT2D eigenvalue weighted by atomic mass is 10.1. The molecule has 0 amide bonds. The first kappa shape index (κ1) is 21.9. The Balaban J connectivity index is 0.00000280. The molecule has 0 unspecified atom stereocenters. The molecule has 3 aromatic rings. The van der Waals surface area contributed by atoms with Gasteiger partial charge in [-0.3, -0.25) is 4.79 Å². The number of benzene rings is 1. The molecular weight excluding hydrogens is 378 g/mol. The minimum atomic E-state index is -0.0351. The number of aromatic nitrogens is 4. The molecule has 152 valence electrons. The van der Waals surface area contributed by atoms with E-state index in [0.717, 1.165) is 29.6 Å². The van der Waals surface area contributed by atoms with E-state index in [1.807, 2.05) is 18.2 Å². The monoisotopic (exact) mass is 405 g/mol. The van der Waals surface area contributed by atoms with Gasteiger partial charge in [-0.1, -0.05) is 32.4 Å². The highest BCUT2D eigenvalue weighted by Crippen LogP contribution is 2.30. The smallest absolute Gasteiger partial charge is 0.258 e. The van der Waals surface area contributed by atoms with E-state index in [9.17, 15) is 4.79 Å². The van der Waals surface area contributed by atoms with Crippen molar-refractivity contribution in [3.05, 3.63) is 46.6 Å². The zero-order chi connectivity index (χ0) is 19.4. The van der Waals surface area contributed by atoms with Gasteiger partial charge in [0.25, 0.3) is 5.56 Å². The average Bonchev–Trinajstić information content (AvgIpc) is 3.19. The van der Waals surface area contributed by atoms with E-state index in [2.05, 4.69) is 31.1 Å². The molecule has 0 radical (unpaired) electrons. The van der Waals surface area contributed by atoms with E-state index in [-0.39, 0.29) is 24.5 Å². The van der Waals surface area contributed by atoms with Crippen molar-refractivity contribution >= 4 is 23.2 Å². The highest BCUT2D eigenvalue weighted by Gasteiger charge is 2.18. The van der Waals surface area contributed by atoms with Crippen molar-refractivity contribution < 1.29 is 4.74 Å². The molecule has 0 atom stereocenters. The second-order valence-corrected chi connectivity index (χ2v) is 7.07. The molecule has 0 spiro atoms. The lowest BCUT2D eigenvalue weighted by Crippen LogP contribution is -2.28. The summed E-state index contributed by atoms with van der Waals surface area (Å²) < 4.78 is 9.58. The first-order chi connectivity index (χ1) is 13.1. The number of fused-ring (bicyclic) bond motifs is 1. The Morgan fingerprint density at radius 1 is 1.25 bits per heavy atom. The molecule has 1 aromatic carbocycles. The largest absolute Gasteiger partial charge is 0.491 e. The SMILES string of the molecule is CCCCOc1c(CN)n(CC(C)C)c(=O)c2ccc(-n3ccnn3)cc12.Cl. The average molecular weight is 406 g/mol. The second-order valence-electron chi connectivity index (χ2n) is 7.07. The Labute approximate surface area is 170 Å². The van der Waals surface area contributed by atoms with Crippen LogP contribution in [0.3, 0.4) is 0 Å². The van der Waals surface area contributed by atoms with Crippen LogP contribution in [0.1, 0.15) is 39.3 Å². The maximum Gasteiger partial charge on any atom is 0.258 e. The van der Waals surface area contributed by atoms with E-state index in [0.29, 0.717) is 30.2 Å². The highest BCUT2D eigenvalue weighted by molar-refractivity contribution is 5.90. The van der Waals surface area contributed by atoms with E-state index >= 15 is 0 Å². The molecule has 0 saturated heterocycles. The number of hydrogen-bond acceptors (Lipinski definition) is 5. The molecule has 0 aliphatic carbocycles. The maximum absolute atomic E-state index is 13.1. The van der Waals surface area contributed by atoms with Gasteiger partial charge in [0.2, 0.25) is 0 Å². The summed E-state index contributed by atoms with van der Waals surface area (Å²) in [7, 11) is 0. The van der Waals surface area contributed by atoms with Crippen LogP contribution >= 0.6 is 12.4 Å². The molecule has 0 fully saturated rings. The summed E-state index contributed by atoms with van der Waals surface area (Å²) in [5.74, 6) is 1.02. The Morgan fingerprint density at radius 3 is 2.64 bits per heavy atom. The fourth-order valence-electron chi connectivity index (χ4n) is 3.18. The molecule has 8 heteroatoms. The van der Waals surface area contributed by atoms with Crippen molar-refractivity contribution in [2.75, 3.05) is 6.61 Å². The summed E-state index contributed by atoms with van der Waals surface area (Å²) in [4.78, 5) is 13.1. The third kappa shape index (κ3) is 4.36. The van der Waals surface area contributed by atoms with Crippen molar-refractivity contribution in [3.63, 3.8) is 0 Å². The molecular formula is C20H28ClN5O2. The number of ether oxygens (including phenoxy) is 1. The number of unbranched alkanes of at least 4 members (excludes halogenated alkanes) is 1. The quantitative estimate of drug-likeness (QED) is 0.581. The molecule has 0 aliphatic rings. The van der Waals surface area contributed by atoms with Crippen molar-refractivity contribution in [2.24, 2.45) is 11.7 Å². The zero-order valence-corrected chi connectivity index (χ0v) is 17.4. The van der Waals surface area contributed by atoms with Crippen LogP contribution in [-0.4, -0.2) is 26.2 Å². The summed E-state index contributed by atoms with van der Waals surface area (Å²) in [6.07, 6.45) is 5.36. The second kappa shape index (κ2) is 9.71. The van der Waals surface area contributed by atoms with Crippen molar-refractivity contribution in [1.82, 2.24) is 19.6 Å². The maximum atomic E-state index is 13.1. The van der Waals surface area contributed by atoms with Gasteiger partial charge in [0.15, 0.2) is 0 Å². The van der Waals surface area contributed by atoms with Crippen LogP contribution < -0.4 is 16.0 Å². The van der Waals surface area contributed by atoms with Crippen LogP contribution in [-0.2, 0) is 13.1 Å². The number of hydrogen-bond donors (Lipinski definition) is 1. The molecule has 7 nitrogen and oxygen atoms in total. The summed E-state index contributed by atoms with van der Waals surface area (Å²) in [5, 5.41) is 9.29. The number of rotatable bonds is 8.